The summed E-state index contributed by atoms with van der Waals surface area (Å²) in [6.45, 7) is 3.45. The maximum atomic E-state index is 13.0. The second kappa shape index (κ2) is 8.10. The lowest BCUT2D eigenvalue weighted by Crippen LogP contribution is -2.52. The van der Waals surface area contributed by atoms with E-state index in [0.717, 1.165) is 29.3 Å². The molecule has 1 aromatic rings. The molecule has 8 nitrogen and oxygen atoms in total. The Balaban J connectivity index is 1.77. The summed E-state index contributed by atoms with van der Waals surface area (Å²) in [6, 6.07) is 5.25. The fourth-order valence-corrected chi connectivity index (χ4v) is 4.66. The van der Waals surface area contributed by atoms with Crippen LogP contribution in [0, 0.1) is 6.92 Å². The Kier molecular flexibility index (Phi) is 5.81. The number of piperidine rings is 1. The van der Waals surface area contributed by atoms with E-state index in [1.54, 1.807) is 12.1 Å². The third-order valence-corrected chi connectivity index (χ3v) is 6.49. The molecule has 1 fully saturated rings. The van der Waals surface area contributed by atoms with Crippen LogP contribution in [-0.4, -0.2) is 49.7 Å². The fraction of sp³-hybridized carbons (Fsp3) is 0.444. The van der Waals surface area contributed by atoms with Gasteiger partial charge in [-0.2, -0.15) is 0 Å². The molecule has 0 saturated carbocycles. The third-order valence-electron chi connectivity index (χ3n) is 4.69. The molecule has 0 aromatic heterocycles. The average molecular weight is 392 g/mol. The van der Waals surface area contributed by atoms with Crippen molar-refractivity contribution in [2.45, 2.75) is 43.2 Å². The van der Waals surface area contributed by atoms with Crippen LogP contribution in [0.2, 0.25) is 0 Å². The SMILES string of the molecule is Cc1ccc(S(=O)(=O)N2C=CNC(=O)[C@H]2CC(=O)N[C@@H]2CCCNC2)cc1. The van der Waals surface area contributed by atoms with Gasteiger partial charge in [0.05, 0.1) is 11.3 Å². The number of hydrogen-bond acceptors (Lipinski definition) is 5. The summed E-state index contributed by atoms with van der Waals surface area (Å²) in [6.07, 6.45) is 4.15. The number of benzene rings is 1. The molecule has 1 aromatic carbocycles. The molecule has 2 heterocycles. The molecule has 9 heteroatoms. The zero-order valence-corrected chi connectivity index (χ0v) is 16.0. The number of nitrogens with zero attached hydrogens (tertiary/aromatic N) is 1. The molecule has 3 rings (SSSR count). The van der Waals surface area contributed by atoms with Gasteiger partial charge in [0.1, 0.15) is 6.04 Å². The molecule has 0 bridgehead atoms. The topological polar surface area (TPSA) is 108 Å². The number of rotatable bonds is 5. The van der Waals surface area contributed by atoms with Gasteiger partial charge in [-0.15, -0.1) is 0 Å². The Morgan fingerprint density at radius 3 is 2.70 bits per heavy atom. The summed E-state index contributed by atoms with van der Waals surface area (Å²) in [5.74, 6) is -0.867. The average Bonchev–Trinajstić information content (AvgIpc) is 2.64. The zero-order valence-electron chi connectivity index (χ0n) is 15.1. The van der Waals surface area contributed by atoms with Crippen molar-refractivity contribution in [2.24, 2.45) is 0 Å². The highest BCUT2D eigenvalue weighted by atomic mass is 32.2. The van der Waals surface area contributed by atoms with Crippen LogP contribution in [0.4, 0.5) is 0 Å². The van der Waals surface area contributed by atoms with E-state index in [2.05, 4.69) is 16.0 Å². The van der Waals surface area contributed by atoms with Gasteiger partial charge in [0.25, 0.3) is 10.0 Å². The van der Waals surface area contributed by atoms with Gasteiger partial charge >= 0.3 is 0 Å². The Morgan fingerprint density at radius 1 is 1.30 bits per heavy atom. The van der Waals surface area contributed by atoms with Gasteiger partial charge in [0, 0.05) is 25.0 Å². The van der Waals surface area contributed by atoms with Crippen molar-refractivity contribution in [3.8, 4) is 0 Å². The van der Waals surface area contributed by atoms with E-state index in [1.165, 1.54) is 24.5 Å². The molecule has 1 saturated heterocycles. The second-order valence-electron chi connectivity index (χ2n) is 6.80. The van der Waals surface area contributed by atoms with Crippen molar-refractivity contribution in [2.75, 3.05) is 13.1 Å². The summed E-state index contributed by atoms with van der Waals surface area (Å²) >= 11 is 0. The zero-order chi connectivity index (χ0) is 19.4. The fourth-order valence-electron chi connectivity index (χ4n) is 3.21. The first-order valence-corrected chi connectivity index (χ1v) is 10.4. The quantitative estimate of drug-likeness (QED) is 0.664. The molecule has 2 aliphatic heterocycles. The molecular weight excluding hydrogens is 368 g/mol. The summed E-state index contributed by atoms with van der Waals surface area (Å²) in [7, 11) is -3.95. The number of aryl methyl sites for hydroxylation is 1. The third kappa shape index (κ3) is 4.48. The number of hydrogen-bond donors (Lipinski definition) is 3. The van der Waals surface area contributed by atoms with Crippen molar-refractivity contribution in [1.82, 2.24) is 20.3 Å². The minimum Gasteiger partial charge on any atom is -0.352 e. The van der Waals surface area contributed by atoms with Gasteiger partial charge < -0.3 is 16.0 Å². The predicted molar refractivity (Wildman–Crippen MR) is 99.9 cm³/mol. The van der Waals surface area contributed by atoms with E-state index < -0.39 is 22.0 Å². The standard InChI is InChI=1S/C18H24N4O4S/c1-13-4-6-15(7-5-13)27(25,26)22-10-9-20-18(24)16(22)11-17(23)21-14-3-2-8-19-12-14/h4-7,9-10,14,16,19H,2-3,8,11-12H2,1H3,(H,20,24)(H,21,23)/t14-,16-/m1/s1. The second-order valence-corrected chi connectivity index (χ2v) is 8.65. The van der Waals surface area contributed by atoms with Crippen LogP contribution in [-0.2, 0) is 19.6 Å². The minimum atomic E-state index is -3.95. The highest BCUT2D eigenvalue weighted by Crippen LogP contribution is 2.22. The van der Waals surface area contributed by atoms with Crippen molar-refractivity contribution in [3.05, 3.63) is 42.2 Å². The first kappa shape index (κ1) is 19.4. The van der Waals surface area contributed by atoms with Crippen LogP contribution >= 0.6 is 0 Å². The normalized spacial score (nSPS) is 23.0. The number of amides is 2. The van der Waals surface area contributed by atoms with E-state index >= 15 is 0 Å². The molecule has 0 unspecified atom stereocenters. The molecule has 0 aliphatic carbocycles. The Hall–Kier alpha value is -2.39. The Morgan fingerprint density at radius 2 is 2.04 bits per heavy atom. The molecular formula is C18H24N4O4S. The van der Waals surface area contributed by atoms with E-state index in [1.807, 2.05) is 6.92 Å². The first-order valence-electron chi connectivity index (χ1n) is 8.95. The van der Waals surface area contributed by atoms with E-state index in [0.29, 0.717) is 6.54 Å². The van der Waals surface area contributed by atoms with Gasteiger partial charge in [-0.1, -0.05) is 17.7 Å². The van der Waals surface area contributed by atoms with Crippen LogP contribution in [0.25, 0.3) is 0 Å². The van der Waals surface area contributed by atoms with Gasteiger partial charge in [-0.3, -0.25) is 13.9 Å². The summed E-state index contributed by atoms with van der Waals surface area (Å²) in [4.78, 5) is 24.8. The summed E-state index contributed by atoms with van der Waals surface area (Å²) in [5, 5.41) is 8.56. The Labute approximate surface area is 159 Å². The molecule has 27 heavy (non-hydrogen) atoms. The van der Waals surface area contributed by atoms with Crippen molar-refractivity contribution >= 4 is 21.8 Å². The number of nitrogens with one attached hydrogen (secondary N) is 3. The van der Waals surface area contributed by atoms with Crippen LogP contribution < -0.4 is 16.0 Å². The summed E-state index contributed by atoms with van der Waals surface area (Å²) in [5.41, 5.74) is 0.929. The van der Waals surface area contributed by atoms with Crippen molar-refractivity contribution in [1.29, 1.82) is 0 Å². The molecule has 2 aliphatic rings. The minimum absolute atomic E-state index is 0.00407. The van der Waals surface area contributed by atoms with Gasteiger partial charge in [-0.05, 0) is 38.4 Å². The maximum absolute atomic E-state index is 13.0. The van der Waals surface area contributed by atoms with Gasteiger partial charge in [0.15, 0.2) is 0 Å². The van der Waals surface area contributed by atoms with Crippen molar-refractivity contribution in [3.63, 3.8) is 0 Å². The smallest absolute Gasteiger partial charge is 0.264 e. The van der Waals surface area contributed by atoms with E-state index in [-0.39, 0.29) is 23.3 Å². The summed E-state index contributed by atoms with van der Waals surface area (Å²) < 4.78 is 26.9. The molecule has 3 N–H and O–H groups in total. The molecule has 0 spiro atoms. The lowest BCUT2D eigenvalue weighted by Gasteiger charge is -2.32. The van der Waals surface area contributed by atoms with Crippen LogP contribution in [0.1, 0.15) is 24.8 Å². The monoisotopic (exact) mass is 392 g/mol. The first-order chi connectivity index (χ1) is 12.9. The lowest BCUT2D eigenvalue weighted by molar-refractivity contribution is -0.129. The lowest BCUT2D eigenvalue weighted by atomic mass is 10.1. The molecule has 2 atom stereocenters. The highest BCUT2D eigenvalue weighted by molar-refractivity contribution is 7.89. The van der Waals surface area contributed by atoms with Crippen molar-refractivity contribution < 1.29 is 18.0 Å². The molecule has 2 amide bonds. The number of carbonyl (C=O) groups is 2. The Bertz CT molecular complexity index is 829. The highest BCUT2D eigenvalue weighted by Gasteiger charge is 2.37. The predicted octanol–water partition coefficient (Wildman–Crippen LogP) is 0.214. The van der Waals surface area contributed by atoms with Crippen LogP contribution in [0.3, 0.4) is 0 Å². The molecule has 0 radical (unpaired) electrons. The molecule has 146 valence electrons. The number of carbonyl (C=O) groups excluding carboxylic acids is 2. The van der Waals surface area contributed by atoms with E-state index in [9.17, 15) is 18.0 Å². The van der Waals surface area contributed by atoms with Gasteiger partial charge in [-0.25, -0.2) is 8.42 Å². The van der Waals surface area contributed by atoms with Crippen LogP contribution in [0.15, 0.2) is 41.6 Å². The van der Waals surface area contributed by atoms with Gasteiger partial charge in [0.2, 0.25) is 11.8 Å². The largest absolute Gasteiger partial charge is 0.352 e. The van der Waals surface area contributed by atoms with E-state index in [4.69, 9.17) is 0 Å². The number of sulfonamides is 1. The maximum Gasteiger partial charge on any atom is 0.264 e. The van der Waals surface area contributed by atoms with Crippen LogP contribution in [0.5, 0.6) is 0 Å².